The van der Waals surface area contributed by atoms with Gasteiger partial charge in [0.25, 0.3) is 0 Å². The Balaban J connectivity index is 2.03. The molecule has 0 aliphatic carbocycles. The molecule has 0 bridgehead atoms. The number of para-hydroxylation sites is 1. The van der Waals surface area contributed by atoms with Crippen LogP contribution in [0.5, 0.6) is 17.5 Å². The number of rotatable bonds is 5. The first-order valence-corrected chi connectivity index (χ1v) is 10.4. The maximum absolute atomic E-state index is 12.0. The third-order valence-corrected chi connectivity index (χ3v) is 4.77. The molecule has 0 amide bonds. The Labute approximate surface area is 166 Å². The van der Waals surface area contributed by atoms with E-state index in [9.17, 15) is 9.32 Å². The molecule has 1 atom stereocenters. The number of imidazole rings is 1. The third-order valence-electron chi connectivity index (χ3n) is 4.30. The fraction of sp³-hybridized carbons (Fsp3) is 0.167. The van der Waals surface area contributed by atoms with Crippen LogP contribution in [0.4, 0.5) is 0 Å². The standard InChI is InChI=1S/C18H18N6O4S/c1-10-7-14(25)15(27-2)8-11(10)17-22-23-18(28-29(3,19)26)24(17)13-6-4-5-12-16(13)21-9-20-12/h4-9,19,25H,1-3H3,(H,20,21). The van der Waals surface area contributed by atoms with Crippen molar-refractivity contribution in [2.45, 2.75) is 6.92 Å². The van der Waals surface area contributed by atoms with Gasteiger partial charge in [0.05, 0.1) is 30.9 Å². The second kappa shape index (κ2) is 6.78. The molecular weight excluding hydrogens is 396 g/mol. The summed E-state index contributed by atoms with van der Waals surface area (Å²) in [4.78, 5) is 7.38. The average Bonchev–Trinajstić information content (AvgIpc) is 3.27. The van der Waals surface area contributed by atoms with Gasteiger partial charge in [-0.3, -0.25) is 0 Å². The van der Waals surface area contributed by atoms with E-state index in [0.29, 0.717) is 28.2 Å². The molecule has 11 heteroatoms. The number of aryl methyl sites for hydroxylation is 1. The minimum Gasteiger partial charge on any atom is -0.504 e. The van der Waals surface area contributed by atoms with Crippen molar-refractivity contribution in [1.29, 1.82) is 4.78 Å². The van der Waals surface area contributed by atoms with E-state index < -0.39 is 10.0 Å². The van der Waals surface area contributed by atoms with Crippen LogP contribution in [0.2, 0.25) is 0 Å². The lowest BCUT2D eigenvalue weighted by atomic mass is 10.1. The first-order chi connectivity index (χ1) is 13.8. The molecule has 3 N–H and O–H groups in total. The number of nitrogens with zero attached hydrogens (tertiary/aromatic N) is 4. The molecular formula is C18H18N6O4S. The van der Waals surface area contributed by atoms with Crippen LogP contribution in [0.1, 0.15) is 5.56 Å². The summed E-state index contributed by atoms with van der Waals surface area (Å²) in [5.74, 6) is 0.615. The van der Waals surface area contributed by atoms with Crippen LogP contribution in [0.25, 0.3) is 28.1 Å². The normalized spacial score (nSPS) is 13.3. The molecule has 0 fully saturated rings. The molecule has 4 aromatic rings. The summed E-state index contributed by atoms with van der Waals surface area (Å²) in [5, 5.41) is 18.3. The number of H-pyrrole nitrogens is 1. The summed E-state index contributed by atoms with van der Waals surface area (Å²) in [6, 6.07) is 8.54. The maximum atomic E-state index is 12.0. The van der Waals surface area contributed by atoms with Crippen molar-refractivity contribution in [2.24, 2.45) is 0 Å². The van der Waals surface area contributed by atoms with Gasteiger partial charge in [-0.05, 0) is 36.8 Å². The molecule has 2 aromatic heterocycles. The monoisotopic (exact) mass is 414 g/mol. The highest BCUT2D eigenvalue weighted by Gasteiger charge is 2.23. The second-order valence-electron chi connectivity index (χ2n) is 6.41. The lowest BCUT2D eigenvalue weighted by molar-refractivity contribution is 0.373. The van der Waals surface area contributed by atoms with E-state index in [4.69, 9.17) is 13.7 Å². The van der Waals surface area contributed by atoms with Gasteiger partial charge in [-0.1, -0.05) is 11.2 Å². The van der Waals surface area contributed by atoms with Crippen LogP contribution in [-0.4, -0.2) is 47.4 Å². The summed E-state index contributed by atoms with van der Waals surface area (Å²) in [6.45, 7) is 1.80. The predicted molar refractivity (Wildman–Crippen MR) is 107 cm³/mol. The van der Waals surface area contributed by atoms with E-state index in [2.05, 4.69) is 20.2 Å². The number of benzene rings is 2. The van der Waals surface area contributed by atoms with E-state index in [0.717, 1.165) is 11.8 Å². The number of methoxy groups -OCH3 is 1. The topological polar surface area (TPSA) is 139 Å². The molecule has 2 heterocycles. The van der Waals surface area contributed by atoms with Gasteiger partial charge in [-0.25, -0.2) is 18.5 Å². The fourth-order valence-corrected chi connectivity index (χ4v) is 3.46. The maximum Gasteiger partial charge on any atom is 0.337 e. The minimum absolute atomic E-state index is 0.00609. The number of hydrogen-bond donors (Lipinski definition) is 3. The predicted octanol–water partition coefficient (Wildman–Crippen LogP) is 2.80. The number of aromatic amines is 1. The smallest absolute Gasteiger partial charge is 0.337 e. The fourth-order valence-electron chi connectivity index (χ4n) is 3.07. The van der Waals surface area contributed by atoms with E-state index in [1.165, 1.54) is 7.11 Å². The first kappa shape index (κ1) is 18.7. The first-order valence-electron chi connectivity index (χ1n) is 8.47. The Morgan fingerprint density at radius 1 is 1.28 bits per heavy atom. The summed E-state index contributed by atoms with van der Waals surface area (Å²) >= 11 is 0. The zero-order valence-corrected chi connectivity index (χ0v) is 16.6. The van der Waals surface area contributed by atoms with Gasteiger partial charge >= 0.3 is 6.01 Å². The van der Waals surface area contributed by atoms with Crippen molar-refractivity contribution >= 4 is 21.0 Å². The van der Waals surface area contributed by atoms with Crippen LogP contribution >= 0.6 is 0 Å². The summed E-state index contributed by atoms with van der Waals surface area (Å²) in [7, 11) is -1.91. The molecule has 29 heavy (non-hydrogen) atoms. The highest BCUT2D eigenvalue weighted by molar-refractivity contribution is 7.87. The van der Waals surface area contributed by atoms with Gasteiger partial charge in [0, 0.05) is 5.56 Å². The molecule has 0 aliphatic heterocycles. The minimum atomic E-state index is -3.36. The number of phenols is 1. The SMILES string of the molecule is COc1cc(-c2nnc(OS(C)(=N)=O)n2-c2cccc3[nH]cnc23)c(C)cc1O. The molecule has 0 saturated carbocycles. The van der Waals surface area contributed by atoms with Gasteiger partial charge in [0.1, 0.15) is 5.52 Å². The zero-order chi connectivity index (χ0) is 20.8. The van der Waals surface area contributed by atoms with E-state index >= 15 is 0 Å². The largest absolute Gasteiger partial charge is 0.504 e. The Hall–Kier alpha value is -3.60. The zero-order valence-electron chi connectivity index (χ0n) is 15.8. The van der Waals surface area contributed by atoms with Crippen molar-refractivity contribution < 1.29 is 18.2 Å². The number of aromatic nitrogens is 5. The van der Waals surface area contributed by atoms with E-state index in [1.807, 2.05) is 12.1 Å². The molecule has 10 nitrogen and oxygen atoms in total. The molecule has 2 aromatic carbocycles. The molecule has 1 unspecified atom stereocenters. The molecule has 0 aliphatic rings. The summed E-state index contributed by atoms with van der Waals surface area (Å²) < 4.78 is 31.7. The third kappa shape index (κ3) is 3.36. The Morgan fingerprint density at radius 2 is 2.07 bits per heavy atom. The van der Waals surface area contributed by atoms with Crippen LogP contribution in [-0.2, 0) is 10.0 Å². The quantitative estimate of drug-likeness (QED) is 0.456. The number of aromatic hydroxyl groups is 1. The van der Waals surface area contributed by atoms with Crippen molar-refractivity contribution in [3.8, 4) is 34.6 Å². The molecule has 0 saturated heterocycles. The van der Waals surface area contributed by atoms with Gasteiger partial charge in [0.15, 0.2) is 17.3 Å². The molecule has 4 rings (SSSR count). The van der Waals surface area contributed by atoms with Crippen LogP contribution in [0.3, 0.4) is 0 Å². The van der Waals surface area contributed by atoms with Crippen LogP contribution < -0.4 is 8.92 Å². The van der Waals surface area contributed by atoms with Gasteiger partial charge < -0.3 is 19.0 Å². The number of fused-ring (bicyclic) bond motifs is 1. The van der Waals surface area contributed by atoms with Crippen molar-refractivity contribution in [3.63, 3.8) is 0 Å². The van der Waals surface area contributed by atoms with Crippen LogP contribution in [0.15, 0.2) is 36.7 Å². The Kier molecular flexibility index (Phi) is 4.38. The number of ether oxygens (including phenoxy) is 1. The Morgan fingerprint density at radius 3 is 2.79 bits per heavy atom. The van der Waals surface area contributed by atoms with Crippen LogP contribution in [0, 0.1) is 11.7 Å². The number of nitrogens with one attached hydrogen (secondary N) is 2. The van der Waals surface area contributed by atoms with Gasteiger partial charge in [-0.15, -0.1) is 5.10 Å². The molecule has 150 valence electrons. The lowest BCUT2D eigenvalue weighted by Gasteiger charge is -2.14. The Bertz CT molecular complexity index is 1330. The van der Waals surface area contributed by atoms with E-state index in [1.54, 1.807) is 36.0 Å². The van der Waals surface area contributed by atoms with Gasteiger partial charge in [0.2, 0.25) is 10.0 Å². The lowest BCUT2D eigenvalue weighted by Crippen LogP contribution is -2.10. The summed E-state index contributed by atoms with van der Waals surface area (Å²) in [6.07, 6.45) is 2.71. The molecule has 0 radical (unpaired) electrons. The number of phenolic OH excluding ortho intramolecular Hbond substituents is 1. The van der Waals surface area contributed by atoms with Crippen molar-refractivity contribution in [2.75, 3.05) is 13.4 Å². The average molecular weight is 414 g/mol. The van der Waals surface area contributed by atoms with E-state index in [-0.39, 0.29) is 17.5 Å². The highest BCUT2D eigenvalue weighted by Crippen LogP contribution is 2.37. The van der Waals surface area contributed by atoms with Crippen molar-refractivity contribution in [1.82, 2.24) is 24.7 Å². The van der Waals surface area contributed by atoms with Crippen molar-refractivity contribution in [3.05, 3.63) is 42.2 Å². The second-order valence-corrected chi connectivity index (χ2v) is 8.12. The molecule has 0 spiro atoms. The van der Waals surface area contributed by atoms with Gasteiger partial charge in [-0.2, -0.15) is 0 Å². The summed E-state index contributed by atoms with van der Waals surface area (Å²) in [5.41, 5.74) is 3.29. The number of hydrogen-bond acceptors (Lipinski definition) is 8. The highest BCUT2D eigenvalue weighted by atomic mass is 32.2.